The molecule has 78 heavy (non-hydrogen) atoms. The third-order valence-electron chi connectivity index (χ3n) is 12.6. The van der Waals surface area contributed by atoms with E-state index in [1.807, 2.05) is 6.92 Å². The summed E-state index contributed by atoms with van der Waals surface area (Å²) in [5, 5.41) is 50.0. The van der Waals surface area contributed by atoms with Crippen molar-refractivity contribution in [2.75, 3.05) is 72.5 Å². The minimum Gasteiger partial charge on any atom is -0.481 e. The maximum absolute atomic E-state index is 12.5. The fraction of sp³-hybridized carbons (Fsp3) is 0.796. The Hall–Kier alpha value is -5.59. The van der Waals surface area contributed by atoms with Crippen molar-refractivity contribution in [1.82, 2.24) is 26.6 Å². The molecular weight excluding hydrogens is 1020 g/mol. The van der Waals surface area contributed by atoms with Crippen molar-refractivity contribution in [3.8, 4) is 0 Å². The van der Waals surface area contributed by atoms with Crippen molar-refractivity contribution in [1.29, 1.82) is 0 Å². The van der Waals surface area contributed by atoms with Crippen molar-refractivity contribution in [3.05, 3.63) is 0 Å². The molecule has 24 heteroatoms. The number of ether oxygens (including phenoxy) is 4. The summed E-state index contributed by atoms with van der Waals surface area (Å²) in [6.07, 6.45) is 15.8. The molecule has 0 aliphatic heterocycles. The molecule has 0 unspecified atom stereocenters. The van der Waals surface area contributed by atoms with Crippen LogP contribution in [-0.2, 0) is 71.7 Å². The van der Waals surface area contributed by atoms with Gasteiger partial charge in [0.25, 0.3) is 0 Å². The van der Waals surface area contributed by atoms with E-state index in [2.05, 4.69) is 26.6 Å². The Labute approximate surface area is 459 Å². The molecule has 24 nitrogen and oxygen atoms in total. The molecule has 0 heterocycles. The number of carboxylic acids is 4. The fourth-order valence-electron chi connectivity index (χ4n) is 7.78. The molecule has 0 aliphatic carbocycles. The van der Waals surface area contributed by atoms with Crippen molar-refractivity contribution < 1.29 is 92.1 Å². The van der Waals surface area contributed by atoms with E-state index in [1.54, 1.807) is 0 Å². The topological polar surface area (TPSA) is 366 Å². The van der Waals surface area contributed by atoms with Gasteiger partial charge in [-0.2, -0.15) is 0 Å². The molecule has 0 bridgehead atoms. The van der Waals surface area contributed by atoms with Gasteiger partial charge in [-0.05, 0) is 51.9 Å². The quantitative estimate of drug-likeness (QED) is 0.0384. The van der Waals surface area contributed by atoms with E-state index in [-0.39, 0.29) is 128 Å². The summed E-state index contributed by atoms with van der Waals surface area (Å²) in [5.74, 6) is -8.61. The highest BCUT2D eigenvalue weighted by molar-refractivity contribution is 5.87. The van der Waals surface area contributed by atoms with Crippen LogP contribution >= 0.6 is 0 Å². The second-order valence-electron chi connectivity index (χ2n) is 19.5. The number of rotatable bonds is 55. The summed E-state index contributed by atoms with van der Waals surface area (Å²) >= 11 is 0. The number of nitrogens with one attached hydrogen (secondary N) is 5. The molecule has 0 saturated heterocycles. The van der Waals surface area contributed by atoms with E-state index in [9.17, 15) is 68.1 Å². The first kappa shape index (κ1) is 72.4. The lowest BCUT2D eigenvalue weighted by molar-refractivity contribution is -0.145. The van der Waals surface area contributed by atoms with Gasteiger partial charge in [0.2, 0.25) is 29.5 Å². The Morgan fingerprint density at radius 2 is 0.795 bits per heavy atom. The zero-order valence-corrected chi connectivity index (χ0v) is 46.4. The fourth-order valence-corrected chi connectivity index (χ4v) is 7.78. The van der Waals surface area contributed by atoms with Crippen molar-refractivity contribution in [3.63, 3.8) is 0 Å². The lowest BCUT2D eigenvalue weighted by atomic mass is 9.97. The van der Waals surface area contributed by atoms with Crippen LogP contribution in [0.4, 0.5) is 0 Å². The van der Waals surface area contributed by atoms with E-state index in [1.165, 1.54) is 39.0 Å². The van der Waals surface area contributed by atoms with Crippen molar-refractivity contribution >= 4 is 65.0 Å². The number of amides is 5. The molecule has 9 N–H and O–H groups in total. The van der Waals surface area contributed by atoms with E-state index in [0.717, 1.165) is 57.8 Å². The molecule has 0 aromatic carbocycles. The first-order valence-electron chi connectivity index (χ1n) is 27.9. The van der Waals surface area contributed by atoms with Gasteiger partial charge < -0.3 is 66.0 Å². The van der Waals surface area contributed by atoms with Crippen molar-refractivity contribution in [2.45, 2.75) is 193 Å². The number of Topliss-reactive ketones (excluding diaryl/α,β-unsaturated/α-hetero) is 2. The van der Waals surface area contributed by atoms with Gasteiger partial charge >= 0.3 is 23.9 Å². The normalized spacial score (nSPS) is 12.6. The maximum Gasteiger partial charge on any atom is 0.326 e. The van der Waals surface area contributed by atoms with Gasteiger partial charge in [-0.15, -0.1) is 0 Å². The minimum atomic E-state index is -1.38. The summed E-state index contributed by atoms with van der Waals surface area (Å²) in [6.45, 7) is 3.98. The van der Waals surface area contributed by atoms with Gasteiger partial charge in [-0.25, -0.2) is 9.59 Å². The number of carbonyl (C=O) groups is 11. The molecule has 4 atom stereocenters. The summed E-state index contributed by atoms with van der Waals surface area (Å²) in [6, 6.07) is -2.55. The number of hydrogen-bond donors (Lipinski definition) is 9. The van der Waals surface area contributed by atoms with Gasteiger partial charge in [0, 0.05) is 64.1 Å². The summed E-state index contributed by atoms with van der Waals surface area (Å²) in [4.78, 5) is 131. The summed E-state index contributed by atoms with van der Waals surface area (Å²) in [5.41, 5.74) is 0. The predicted octanol–water partition coefficient (Wildman–Crippen LogP) is 4.26. The molecule has 0 aromatic heterocycles. The number of carboxylic acid groups (broad SMARTS) is 4. The minimum absolute atomic E-state index is 0.000287. The Balaban J connectivity index is 3.95. The monoisotopic (exact) mass is 1120 g/mol. The SMILES string of the molecule is CC(=O)[C@@H](C)CCCCNC(=O)CC[C@H](NC(=O)CC[C@H](CC(=O)COCCOCCNC(=O)COCCOCCNC(=O)CC[C@H](NC(=O)CCCCCCCCCCCCCCCCC(=O)O)C(=O)O)C(=O)O)C(=O)O. The first-order valence-corrected chi connectivity index (χ1v) is 27.9. The standard InChI is InChI=1S/C54H93N5O19/c1-40(41(2)60)19-17-18-28-55-46(62)26-23-45(54(73)74)59-49(65)25-22-42(52(69)70)37-43(61)38-77-35-33-76-32-30-57-50(66)39-78-36-34-75-31-29-56-47(63)27-24-44(53(71)72)58-48(64)20-15-13-11-9-7-5-3-4-6-8-10-12-14-16-21-51(67)68/h40,42,44-45H,3-39H2,1-2H3,(H,55,62)(H,56,63)(H,57,66)(H,58,64)(H,59,65)(H,67,68)(H,69,70)(H,71,72)(H,73,74)/t40-,42+,44-,45-/m0/s1. The summed E-state index contributed by atoms with van der Waals surface area (Å²) < 4.78 is 21.3. The molecule has 0 fully saturated rings. The Kier molecular flexibility index (Phi) is 45.1. The van der Waals surface area contributed by atoms with Crippen LogP contribution in [0.5, 0.6) is 0 Å². The molecule has 448 valence electrons. The predicted molar refractivity (Wildman–Crippen MR) is 285 cm³/mol. The zero-order valence-electron chi connectivity index (χ0n) is 46.4. The van der Waals surface area contributed by atoms with Crippen LogP contribution in [0.3, 0.4) is 0 Å². The molecule has 0 rings (SSSR count). The van der Waals surface area contributed by atoms with Crippen LogP contribution in [0.25, 0.3) is 0 Å². The smallest absolute Gasteiger partial charge is 0.326 e. The number of carbonyl (C=O) groups excluding carboxylic acids is 7. The Morgan fingerprint density at radius 3 is 1.26 bits per heavy atom. The van der Waals surface area contributed by atoms with Crippen molar-refractivity contribution in [2.24, 2.45) is 11.8 Å². The molecule has 0 aliphatic rings. The maximum atomic E-state index is 12.5. The number of unbranched alkanes of at least 4 members (excludes halogenated alkanes) is 14. The summed E-state index contributed by atoms with van der Waals surface area (Å²) in [7, 11) is 0. The van der Waals surface area contributed by atoms with Crippen LogP contribution in [0.2, 0.25) is 0 Å². The molecule has 0 saturated carbocycles. The highest BCUT2D eigenvalue weighted by atomic mass is 16.5. The lowest BCUT2D eigenvalue weighted by Crippen LogP contribution is -2.42. The second-order valence-corrected chi connectivity index (χ2v) is 19.5. The molecular formula is C54H93N5O19. The van der Waals surface area contributed by atoms with E-state index >= 15 is 0 Å². The molecule has 0 spiro atoms. The molecule has 0 aromatic rings. The average Bonchev–Trinajstić information content (AvgIpc) is 3.38. The van der Waals surface area contributed by atoms with Crippen LogP contribution in [0, 0.1) is 11.8 Å². The average molecular weight is 1120 g/mol. The van der Waals surface area contributed by atoms with E-state index in [0.29, 0.717) is 25.8 Å². The van der Waals surface area contributed by atoms with Crippen LogP contribution < -0.4 is 26.6 Å². The zero-order chi connectivity index (χ0) is 58.2. The lowest BCUT2D eigenvalue weighted by Gasteiger charge is -2.16. The highest BCUT2D eigenvalue weighted by Gasteiger charge is 2.26. The van der Waals surface area contributed by atoms with Gasteiger partial charge in [-0.3, -0.25) is 43.2 Å². The Bertz CT molecular complexity index is 1770. The number of aliphatic carboxylic acids is 4. The largest absolute Gasteiger partial charge is 0.481 e. The Morgan fingerprint density at radius 1 is 0.385 bits per heavy atom. The van der Waals surface area contributed by atoms with Crippen LogP contribution in [0.1, 0.15) is 181 Å². The molecule has 0 radical (unpaired) electrons. The van der Waals surface area contributed by atoms with Crippen LogP contribution in [0.15, 0.2) is 0 Å². The van der Waals surface area contributed by atoms with Gasteiger partial charge in [0.05, 0.1) is 45.6 Å². The number of hydrogen-bond acceptors (Lipinski definition) is 15. The first-order chi connectivity index (χ1) is 37.3. The highest BCUT2D eigenvalue weighted by Crippen LogP contribution is 2.16. The molecule has 5 amide bonds. The second kappa shape index (κ2) is 48.5. The third kappa shape index (κ3) is 45.4. The van der Waals surface area contributed by atoms with E-state index < -0.39 is 84.3 Å². The van der Waals surface area contributed by atoms with Gasteiger partial charge in [-0.1, -0.05) is 90.4 Å². The van der Waals surface area contributed by atoms with E-state index in [4.69, 9.17) is 24.1 Å². The van der Waals surface area contributed by atoms with Crippen LogP contribution in [-0.4, -0.2) is 170 Å². The van der Waals surface area contributed by atoms with Gasteiger partial charge in [0.15, 0.2) is 5.78 Å². The third-order valence-corrected chi connectivity index (χ3v) is 12.6. The number of ketones is 2. The van der Waals surface area contributed by atoms with Gasteiger partial charge in [0.1, 0.15) is 31.1 Å².